The van der Waals surface area contributed by atoms with Crippen LogP contribution in [0.25, 0.3) is 0 Å². The van der Waals surface area contributed by atoms with Gasteiger partial charge in [0.25, 0.3) is 0 Å². The van der Waals surface area contributed by atoms with Gasteiger partial charge in [-0.2, -0.15) is 0 Å². The van der Waals surface area contributed by atoms with Crippen LogP contribution in [0.15, 0.2) is 0 Å². The monoisotopic (exact) mass is 264 g/mol. The van der Waals surface area contributed by atoms with Crippen molar-refractivity contribution < 1.29 is 19.3 Å². The van der Waals surface area contributed by atoms with Gasteiger partial charge in [0, 0.05) is 19.8 Å². The lowest BCUT2D eigenvalue weighted by molar-refractivity contribution is 0.0370. The van der Waals surface area contributed by atoms with Crippen molar-refractivity contribution in [3.8, 4) is 0 Å². The zero-order chi connectivity index (χ0) is 13.9. The van der Waals surface area contributed by atoms with Gasteiger partial charge in [0.2, 0.25) is 0 Å². The molecule has 0 spiro atoms. The summed E-state index contributed by atoms with van der Waals surface area (Å²) < 4.78 is 15.2. The van der Waals surface area contributed by atoms with Gasteiger partial charge in [-0.05, 0) is 19.8 Å². The molecule has 1 N–H and O–H groups in total. The number of unbranched alkanes of at least 4 members (excludes halogenated alkanes) is 2. The summed E-state index contributed by atoms with van der Waals surface area (Å²) in [5.41, 5.74) is 0. The molecule has 0 rings (SSSR count). The molecule has 0 fully saturated rings. The normalized spacial score (nSPS) is 10.0. The standard InChI is InChI=1S/C8H18O.C6H14O3/c1-3-5-7-9-8-6-4-2;1-2-8-5-6-9-4-3-7/h3-8H2,1-2H3;7H,2-6H2,1H3. The van der Waals surface area contributed by atoms with E-state index in [9.17, 15) is 0 Å². The second-order valence-electron chi connectivity index (χ2n) is 3.85. The van der Waals surface area contributed by atoms with E-state index in [-0.39, 0.29) is 6.61 Å². The SMILES string of the molecule is CCCCOCCCC.CCOCCOCCO. The predicted octanol–water partition coefficient (Wildman–Crippen LogP) is 2.64. The van der Waals surface area contributed by atoms with Crippen LogP contribution in [0.5, 0.6) is 0 Å². The first kappa shape index (κ1) is 20.2. The topological polar surface area (TPSA) is 47.9 Å². The summed E-state index contributed by atoms with van der Waals surface area (Å²) in [5, 5.41) is 8.26. The van der Waals surface area contributed by atoms with Crippen LogP contribution in [-0.4, -0.2) is 51.4 Å². The summed E-state index contributed by atoms with van der Waals surface area (Å²) in [4.78, 5) is 0. The average molecular weight is 264 g/mol. The highest BCUT2D eigenvalue weighted by Crippen LogP contribution is 1.91. The molecule has 0 aromatic carbocycles. The van der Waals surface area contributed by atoms with Crippen molar-refractivity contribution >= 4 is 0 Å². The second kappa shape index (κ2) is 22.1. The molecule has 0 aliphatic carbocycles. The maximum absolute atomic E-state index is 8.26. The van der Waals surface area contributed by atoms with Gasteiger partial charge in [-0.3, -0.25) is 0 Å². The number of aliphatic hydroxyl groups excluding tert-OH is 1. The van der Waals surface area contributed by atoms with Crippen molar-refractivity contribution in [1.29, 1.82) is 0 Å². The summed E-state index contributed by atoms with van der Waals surface area (Å²) in [6.07, 6.45) is 4.91. The molecule has 0 saturated heterocycles. The molecule has 18 heavy (non-hydrogen) atoms. The van der Waals surface area contributed by atoms with Crippen LogP contribution >= 0.6 is 0 Å². The van der Waals surface area contributed by atoms with Crippen LogP contribution in [0.1, 0.15) is 46.5 Å². The smallest absolute Gasteiger partial charge is 0.0701 e. The van der Waals surface area contributed by atoms with Crippen molar-refractivity contribution in [2.75, 3.05) is 46.2 Å². The van der Waals surface area contributed by atoms with E-state index in [0.29, 0.717) is 19.8 Å². The molecule has 0 aliphatic heterocycles. The largest absolute Gasteiger partial charge is 0.394 e. The molecule has 0 atom stereocenters. The molecule has 0 aromatic rings. The van der Waals surface area contributed by atoms with Crippen molar-refractivity contribution in [1.82, 2.24) is 0 Å². The number of rotatable bonds is 12. The maximum Gasteiger partial charge on any atom is 0.0701 e. The third-order valence-corrected chi connectivity index (χ3v) is 2.10. The van der Waals surface area contributed by atoms with Crippen molar-refractivity contribution in [2.24, 2.45) is 0 Å². The Balaban J connectivity index is 0. The van der Waals surface area contributed by atoms with Gasteiger partial charge in [-0.25, -0.2) is 0 Å². The first-order chi connectivity index (χ1) is 8.83. The van der Waals surface area contributed by atoms with E-state index in [1.807, 2.05) is 6.92 Å². The number of aliphatic hydroxyl groups is 1. The lowest BCUT2D eigenvalue weighted by Crippen LogP contribution is -2.06. The lowest BCUT2D eigenvalue weighted by atomic mass is 10.3. The Morgan fingerprint density at radius 1 is 0.667 bits per heavy atom. The van der Waals surface area contributed by atoms with Crippen molar-refractivity contribution in [3.63, 3.8) is 0 Å². The highest BCUT2D eigenvalue weighted by Gasteiger charge is 1.85. The van der Waals surface area contributed by atoms with Gasteiger partial charge < -0.3 is 19.3 Å². The molecule has 0 saturated carbocycles. The van der Waals surface area contributed by atoms with E-state index in [2.05, 4.69) is 13.8 Å². The Bertz CT molecular complexity index is 94.4. The zero-order valence-electron chi connectivity index (χ0n) is 12.5. The van der Waals surface area contributed by atoms with Crippen molar-refractivity contribution in [2.45, 2.75) is 46.5 Å². The summed E-state index contributed by atoms with van der Waals surface area (Å²) in [7, 11) is 0. The third-order valence-electron chi connectivity index (χ3n) is 2.10. The third kappa shape index (κ3) is 24.9. The minimum atomic E-state index is 0.0894. The van der Waals surface area contributed by atoms with Gasteiger partial charge in [0.1, 0.15) is 0 Å². The van der Waals surface area contributed by atoms with Gasteiger partial charge in [0.05, 0.1) is 26.4 Å². The van der Waals surface area contributed by atoms with Gasteiger partial charge in [0.15, 0.2) is 0 Å². The van der Waals surface area contributed by atoms with E-state index in [1.54, 1.807) is 0 Å². The Morgan fingerprint density at radius 2 is 1.17 bits per heavy atom. The van der Waals surface area contributed by atoms with E-state index in [1.165, 1.54) is 25.7 Å². The molecule has 112 valence electrons. The van der Waals surface area contributed by atoms with Crippen LogP contribution in [0.2, 0.25) is 0 Å². The van der Waals surface area contributed by atoms with Crippen LogP contribution in [-0.2, 0) is 14.2 Å². The van der Waals surface area contributed by atoms with Crippen LogP contribution < -0.4 is 0 Å². The molecule has 0 heterocycles. The highest BCUT2D eigenvalue weighted by atomic mass is 16.5. The summed E-state index contributed by atoms with van der Waals surface area (Å²) in [5.74, 6) is 0. The quantitative estimate of drug-likeness (QED) is 0.550. The molecular formula is C14H32O4. The van der Waals surface area contributed by atoms with E-state index < -0.39 is 0 Å². The fourth-order valence-electron chi connectivity index (χ4n) is 1.02. The first-order valence-electron chi connectivity index (χ1n) is 7.17. The second-order valence-corrected chi connectivity index (χ2v) is 3.85. The molecule has 0 unspecified atom stereocenters. The molecule has 0 bridgehead atoms. The highest BCUT2D eigenvalue weighted by molar-refractivity contribution is 4.34. The fourth-order valence-corrected chi connectivity index (χ4v) is 1.02. The van der Waals surface area contributed by atoms with E-state index in [4.69, 9.17) is 19.3 Å². The lowest BCUT2D eigenvalue weighted by Gasteiger charge is -2.00. The van der Waals surface area contributed by atoms with Crippen LogP contribution in [0.4, 0.5) is 0 Å². The molecular weight excluding hydrogens is 232 g/mol. The molecule has 4 heteroatoms. The van der Waals surface area contributed by atoms with E-state index in [0.717, 1.165) is 19.8 Å². The Hall–Kier alpha value is -0.160. The molecule has 4 nitrogen and oxygen atoms in total. The first-order valence-corrected chi connectivity index (χ1v) is 7.17. The molecule has 0 amide bonds. The minimum absolute atomic E-state index is 0.0894. The fraction of sp³-hybridized carbons (Fsp3) is 1.00. The van der Waals surface area contributed by atoms with E-state index >= 15 is 0 Å². The van der Waals surface area contributed by atoms with Gasteiger partial charge in [-0.1, -0.05) is 26.7 Å². The van der Waals surface area contributed by atoms with Gasteiger partial charge in [-0.15, -0.1) is 0 Å². The molecule has 0 aromatic heterocycles. The number of hydrogen-bond donors (Lipinski definition) is 1. The van der Waals surface area contributed by atoms with Crippen LogP contribution in [0, 0.1) is 0 Å². The molecule has 0 aliphatic rings. The summed E-state index contributed by atoms with van der Waals surface area (Å²) in [6, 6.07) is 0. The Labute approximate surface area is 113 Å². The summed E-state index contributed by atoms with van der Waals surface area (Å²) in [6.45, 7) is 10.6. The molecule has 0 radical (unpaired) electrons. The van der Waals surface area contributed by atoms with Crippen molar-refractivity contribution in [3.05, 3.63) is 0 Å². The van der Waals surface area contributed by atoms with Gasteiger partial charge >= 0.3 is 0 Å². The predicted molar refractivity (Wildman–Crippen MR) is 75.0 cm³/mol. The Morgan fingerprint density at radius 3 is 1.61 bits per heavy atom. The number of ether oxygens (including phenoxy) is 3. The Kier molecular flexibility index (Phi) is 24.7. The minimum Gasteiger partial charge on any atom is -0.394 e. The number of hydrogen-bond acceptors (Lipinski definition) is 4. The zero-order valence-corrected chi connectivity index (χ0v) is 12.5. The maximum atomic E-state index is 8.26. The summed E-state index contributed by atoms with van der Waals surface area (Å²) >= 11 is 0. The van der Waals surface area contributed by atoms with Crippen LogP contribution in [0.3, 0.4) is 0 Å². The average Bonchev–Trinajstić information content (AvgIpc) is 2.39.